The van der Waals surface area contributed by atoms with Crippen LogP contribution >= 0.6 is 0 Å². The van der Waals surface area contributed by atoms with Gasteiger partial charge in [0.05, 0.1) is 11.8 Å². The van der Waals surface area contributed by atoms with Crippen LogP contribution in [0.1, 0.15) is 43.6 Å². The molecule has 2 N–H and O–H groups in total. The Morgan fingerprint density at radius 2 is 1.88 bits per heavy atom. The molecule has 0 spiro atoms. The molecule has 26 heavy (non-hydrogen) atoms. The molecule has 1 unspecified atom stereocenters. The van der Waals surface area contributed by atoms with E-state index in [1.54, 1.807) is 50.4 Å². The van der Waals surface area contributed by atoms with Crippen LogP contribution in [0.5, 0.6) is 0 Å². The Morgan fingerprint density at radius 3 is 2.54 bits per heavy atom. The summed E-state index contributed by atoms with van der Waals surface area (Å²) in [4.78, 5) is 39.5. The summed E-state index contributed by atoms with van der Waals surface area (Å²) in [6.07, 6.45) is 3.41. The molecule has 0 aliphatic rings. The van der Waals surface area contributed by atoms with Crippen molar-refractivity contribution in [3.8, 4) is 11.8 Å². The summed E-state index contributed by atoms with van der Waals surface area (Å²) >= 11 is 0. The van der Waals surface area contributed by atoms with Gasteiger partial charge in [0.25, 0.3) is 0 Å². The van der Waals surface area contributed by atoms with Crippen molar-refractivity contribution in [3.63, 3.8) is 0 Å². The number of allylic oxidation sites excluding steroid dienone is 1. The van der Waals surface area contributed by atoms with E-state index in [1.165, 1.54) is 6.92 Å². The lowest BCUT2D eigenvalue weighted by Gasteiger charge is -2.10. The number of nitrogens with one attached hydrogen (secondary N) is 2. The maximum Gasteiger partial charge on any atom is 0.310 e. The molecule has 2 amide bonds. The minimum Gasteiger partial charge on any atom is -0.344 e. The number of hydrogen-bond acceptors (Lipinski definition) is 4. The van der Waals surface area contributed by atoms with Gasteiger partial charge in [-0.25, -0.2) is 0 Å². The van der Waals surface area contributed by atoms with Crippen LogP contribution < -0.4 is 10.6 Å². The number of aliphatic imine (C=N–C) groups is 1. The minimum absolute atomic E-state index is 0.0944. The maximum absolute atomic E-state index is 11.9. The topological polar surface area (TPSA) is 87.6 Å². The molecule has 6 heteroatoms. The van der Waals surface area contributed by atoms with E-state index in [2.05, 4.69) is 27.5 Å². The second-order valence-corrected chi connectivity index (χ2v) is 5.56. The lowest BCUT2D eigenvalue weighted by Crippen LogP contribution is -2.43. The molecule has 0 aromatic heterocycles. The number of Topliss-reactive ketones (excluding diaryl/α,β-unsaturated/α-hetero) is 1. The van der Waals surface area contributed by atoms with Crippen LogP contribution in [-0.4, -0.2) is 29.4 Å². The van der Waals surface area contributed by atoms with Crippen LogP contribution in [0.2, 0.25) is 0 Å². The summed E-state index contributed by atoms with van der Waals surface area (Å²) < 4.78 is 0. The van der Waals surface area contributed by atoms with Crippen molar-refractivity contribution < 1.29 is 14.4 Å². The monoisotopic (exact) mass is 353 g/mol. The van der Waals surface area contributed by atoms with Crippen molar-refractivity contribution in [2.45, 2.75) is 40.3 Å². The predicted molar refractivity (Wildman–Crippen MR) is 102 cm³/mol. The minimum atomic E-state index is -0.782. The van der Waals surface area contributed by atoms with Crippen LogP contribution in [-0.2, 0) is 16.1 Å². The molecule has 0 aliphatic carbocycles. The van der Waals surface area contributed by atoms with Crippen LogP contribution in [0.15, 0.2) is 41.5 Å². The first kappa shape index (κ1) is 20.8. The van der Waals surface area contributed by atoms with Gasteiger partial charge in [-0.3, -0.25) is 19.4 Å². The third-order valence-electron chi connectivity index (χ3n) is 3.28. The van der Waals surface area contributed by atoms with E-state index in [0.29, 0.717) is 16.8 Å². The predicted octanol–water partition coefficient (Wildman–Crippen LogP) is 2.01. The Hall–Kier alpha value is -3.20. The van der Waals surface area contributed by atoms with Crippen LogP contribution in [0, 0.1) is 11.8 Å². The molecule has 0 aliphatic heterocycles. The maximum atomic E-state index is 11.9. The van der Waals surface area contributed by atoms with Gasteiger partial charge < -0.3 is 10.6 Å². The van der Waals surface area contributed by atoms with Gasteiger partial charge in [-0.2, -0.15) is 0 Å². The smallest absolute Gasteiger partial charge is 0.310 e. The van der Waals surface area contributed by atoms with E-state index in [1.807, 2.05) is 6.92 Å². The second-order valence-electron chi connectivity index (χ2n) is 5.56. The zero-order valence-electron chi connectivity index (χ0n) is 15.4. The Labute approximate surface area is 153 Å². The number of amides is 2. The normalized spacial score (nSPS) is 12.1. The fourth-order valence-electron chi connectivity index (χ4n) is 2.00. The van der Waals surface area contributed by atoms with Crippen LogP contribution in [0.25, 0.3) is 0 Å². The quantitative estimate of drug-likeness (QED) is 0.367. The van der Waals surface area contributed by atoms with Gasteiger partial charge in [-0.15, -0.1) is 0 Å². The van der Waals surface area contributed by atoms with Crippen molar-refractivity contribution in [2.24, 2.45) is 4.99 Å². The molecule has 1 aromatic rings. The van der Waals surface area contributed by atoms with Crippen molar-refractivity contribution in [1.82, 2.24) is 10.6 Å². The second kappa shape index (κ2) is 10.6. The van der Waals surface area contributed by atoms with Gasteiger partial charge in [-0.1, -0.05) is 36.3 Å². The molecule has 0 saturated heterocycles. The molecule has 0 heterocycles. The van der Waals surface area contributed by atoms with Gasteiger partial charge in [0.1, 0.15) is 0 Å². The average molecular weight is 353 g/mol. The van der Waals surface area contributed by atoms with Crippen molar-refractivity contribution in [3.05, 3.63) is 47.7 Å². The highest BCUT2D eigenvalue weighted by atomic mass is 16.2. The summed E-state index contributed by atoms with van der Waals surface area (Å²) in [6.45, 7) is 6.82. The number of ketones is 1. The molecular weight excluding hydrogens is 330 g/mol. The van der Waals surface area contributed by atoms with Crippen molar-refractivity contribution in [2.75, 3.05) is 0 Å². The van der Waals surface area contributed by atoms with Gasteiger partial charge in [0, 0.05) is 18.3 Å². The van der Waals surface area contributed by atoms with Gasteiger partial charge >= 0.3 is 11.8 Å². The molecule has 1 aromatic carbocycles. The van der Waals surface area contributed by atoms with Gasteiger partial charge in [-0.05, 0) is 39.2 Å². The average Bonchev–Trinajstić information content (AvgIpc) is 2.62. The third-order valence-corrected chi connectivity index (χ3v) is 3.28. The molecule has 1 atom stereocenters. The van der Waals surface area contributed by atoms with Crippen molar-refractivity contribution >= 4 is 23.3 Å². The van der Waals surface area contributed by atoms with Gasteiger partial charge in [0.15, 0.2) is 5.78 Å². The van der Waals surface area contributed by atoms with Crippen molar-refractivity contribution in [1.29, 1.82) is 0 Å². The highest BCUT2D eigenvalue weighted by Gasteiger charge is 2.15. The van der Waals surface area contributed by atoms with Crippen LogP contribution in [0.4, 0.5) is 0 Å². The largest absolute Gasteiger partial charge is 0.344 e. The van der Waals surface area contributed by atoms with Gasteiger partial charge in [0.2, 0.25) is 0 Å². The summed E-state index contributed by atoms with van der Waals surface area (Å²) in [5, 5.41) is 5.01. The van der Waals surface area contributed by atoms with E-state index in [-0.39, 0.29) is 12.3 Å². The molecule has 1 rings (SSSR count). The SMILES string of the molecule is C/C=C\N=C(C)C#CC(C)NC(=O)C(=O)NCc1ccccc1C(C)=O. The van der Waals surface area contributed by atoms with E-state index < -0.39 is 17.9 Å². The standard InChI is InChI=1S/C20H23N3O3/c1-5-12-21-14(2)10-11-15(3)23-20(26)19(25)22-13-17-8-6-7-9-18(17)16(4)24/h5-9,12,15H,13H2,1-4H3,(H,22,25)(H,23,26)/b12-5-,21-14?. The number of carbonyl (C=O) groups excluding carboxylic acids is 3. The molecule has 136 valence electrons. The molecule has 0 fully saturated rings. The summed E-state index contributed by atoms with van der Waals surface area (Å²) in [5.41, 5.74) is 1.78. The van der Waals surface area contributed by atoms with Crippen LogP contribution in [0.3, 0.4) is 0 Å². The fraction of sp³-hybridized carbons (Fsp3) is 0.300. The number of benzene rings is 1. The molecular formula is C20H23N3O3. The Bertz CT molecular complexity index is 798. The number of nitrogens with zero attached hydrogens (tertiary/aromatic N) is 1. The number of rotatable bonds is 5. The Kier molecular flexibility index (Phi) is 8.51. The first-order valence-electron chi connectivity index (χ1n) is 8.19. The molecule has 0 bridgehead atoms. The van der Waals surface area contributed by atoms with E-state index in [4.69, 9.17) is 0 Å². The fourth-order valence-corrected chi connectivity index (χ4v) is 2.00. The Balaban J connectivity index is 2.60. The first-order chi connectivity index (χ1) is 12.3. The number of hydrogen-bond donors (Lipinski definition) is 2. The van der Waals surface area contributed by atoms with E-state index in [0.717, 1.165) is 0 Å². The zero-order chi connectivity index (χ0) is 19.5. The lowest BCUT2D eigenvalue weighted by molar-refractivity contribution is -0.139. The number of carbonyl (C=O) groups is 3. The summed E-state index contributed by atoms with van der Waals surface area (Å²) in [5.74, 6) is 3.95. The molecule has 0 saturated carbocycles. The summed E-state index contributed by atoms with van der Waals surface area (Å²) in [6, 6.07) is 6.42. The zero-order valence-corrected chi connectivity index (χ0v) is 15.4. The highest BCUT2D eigenvalue weighted by molar-refractivity contribution is 6.35. The highest BCUT2D eigenvalue weighted by Crippen LogP contribution is 2.09. The lowest BCUT2D eigenvalue weighted by atomic mass is 10.0. The third kappa shape index (κ3) is 7.14. The molecule has 0 radical (unpaired) electrons. The van der Waals surface area contributed by atoms with E-state index >= 15 is 0 Å². The summed E-state index contributed by atoms with van der Waals surface area (Å²) in [7, 11) is 0. The first-order valence-corrected chi connectivity index (χ1v) is 8.19. The Morgan fingerprint density at radius 1 is 1.19 bits per heavy atom. The van der Waals surface area contributed by atoms with E-state index in [9.17, 15) is 14.4 Å². The molecule has 6 nitrogen and oxygen atoms in total.